The van der Waals surface area contributed by atoms with Gasteiger partial charge in [0.1, 0.15) is 11.9 Å². The second-order valence-corrected chi connectivity index (χ2v) is 10.0. The predicted molar refractivity (Wildman–Crippen MR) is 113 cm³/mol. The van der Waals surface area contributed by atoms with Gasteiger partial charge in [-0.2, -0.15) is 0 Å². The highest BCUT2D eigenvalue weighted by Crippen LogP contribution is 2.61. The van der Waals surface area contributed by atoms with Crippen molar-refractivity contribution < 1.29 is 34.1 Å². The SMILES string of the molecule is CCO[C@H]1C2=C(C(=O)C(=O)C([C@@H](C)COC(C)=O)=C2O)[C@]2(C)CCCC(C)(C)[C@H]2[C@@H]1O. The van der Waals surface area contributed by atoms with Crippen molar-refractivity contribution in [3.05, 3.63) is 22.5 Å². The highest BCUT2D eigenvalue weighted by molar-refractivity contribution is 6.50. The van der Waals surface area contributed by atoms with Crippen LogP contribution in [0.25, 0.3) is 0 Å². The second kappa shape index (κ2) is 8.17. The number of aliphatic hydroxyl groups is 2. The Hall–Kier alpha value is -1.99. The van der Waals surface area contributed by atoms with Gasteiger partial charge in [-0.1, -0.05) is 34.1 Å². The molecule has 0 saturated heterocycles. The third-order valence-electron chi connectivity index (χ3n) is 7.39. The number of fused-ring (bicyclic) bond motifs is 2. The van der Waals surface area contributed by atoms with Gasteiger partial charge in [0.05, 0.1) is 18.3 Å². The van der Waals surface area contributed by atoms with E-state index in [-0.39, 0.29) is 47.0 Å². The zero-order valence-electron chi connectivity index (χ0n) is 19.3. The highest BCUT2D eigenvalue weighted by Gasteiger charge is 2.61. The maximum Gasteiger partial charge on any atom is 0.302 e. The normalized spacial score (nSPS) is 33.7. The summed E-state index contributed by atoms with van der Waals surface area (Å²) in [5.41, 5.74) is -0.611. The fraction of sp³-hybridized carbons (Fsp3) is 0.708. The molecule has 0 aliphatic heterocycles. The van der Waals surface area contributed by atoms with Crippen LogP contribution in [0.1, 0.15) is 60.8 Å². The number of carbonyl (C=O) groups is 3. The molecule has 0 radical (unpaired) electrons. The first kappa shape index (κ1) is 23.7. The summed E-state index contributed by atoms with van der Waals surface area (Å²) < 4.78 is 10.9. The second-order valence-electron chi connectivity index (χ2n) is 10.0. The molecule has 31 heavy (non-hydrogen) atoms. The molecule has 0 heterocycles. The first-order chi connectivity index (χ1) is 14.4. The zero-order chi connectivity index (χ0) is 23.3. The smallest absolute Gasteiger partial charge is 0.302 e. The molecule has 172 valence electrons. The van der Waals surface area contributed by atoms with Gasteiger partial charge in [-0.15, -0.1) is 0 Å². The fourth-order valence-electron chi connectivity index (χ4n) is 6.27. The van der Waals surface area contributed by atoms with Crippen LogP contribution in [0.2, 0.25) is 0 Å². The van der Waals surface area contributed by atoms with Crippen LogP contribution in [0.4, 0.5) is 0 Å². The van der Waals surface area contributed by atoms with Gasteiger partial charge in [-0.25, -0.2) is 0 Å². The van der Waals surface area contributed by atoms with Crippen molar-refractivity contribution in [2.24, 2.45) is 22.7 Å². The van der Waals surface area contributed by atoms with Crippen LogP contribution < -0.4 is 0 Å². The van der Waals surface area contributed by atoms with Crippen molar-refractivity contribution in [2.75, 3.05) is 13.2 Å². The lowest BCUT2D eigenvalue weighted by molar-refractivity contribution is -0.146. The topological polar surface area (TPSA) is 110 Å². The number of ketones is 2. The van der Waals surface area contributed by atoms with Gasteiger partial charge in [0, 0.05) is 41.9 Å². The van der Waals surface area contributed by atoms with E-state index in [9.17, 15) is 24.6 Å². The van der Waals surface area contributed by atoms with Crippen LogP contribution in [0.5, 0.6) is 0 Å². The first-order valence-electron chi connectivity index (χ1n) is 11.1. The highest BCUT2D eigenvalue weighted by atomic mass is 16.5. The molecule has 1 saturated carbocycles. The number of allylic oxidation sites excluding steroid dienone is 1. The Kier molecular flexibility index (Phi) is 6.24. The van der Waals surface area contributed by atoms with E-state index in [1.807, 2.05) is 6.92 Å². The van der Waals surface area contributed by atoms with Crippen molar-refractivity contribution in [3.8, 4) is 0 Å². The molecule has 7 nitrogen and oxygen atoms in total. The average molecular weight is 435 g/mol. The zero-order valence-corrected chi connectivity index (χ0v) is 19.3. The van der Waals surface area contributed by atoms with E-state index in [2.05, 4.69) is 13.8 Å². The van der Waals surface area contributed by atoms with E-state index in [0.29, 0.717) is 6.42 Å². The quantitative estimate of drug-likeness (QED) is 0.389. The summed E-state index contributed by atoms with van der Waals surface area (Å²) in [6.45, 7) is 10.9. The molecule has 0 unspecified atom stereocenters. The van der Waals surface area contributed by atoms with E-state index < -0.39 is 41.1 Å². The summed E-state index contributed by atoms with van der Waals surface area (Å²) in [5, 5.41) is 22.7. The molecular formula is C24H34O7. The summed E-state index contributed by atoms with van der Waals surface area (Å²) >= 11 is 0. The molecule has 3 aliphatic carbocycles. The van der Waals surface area contributed by atoms with Crippen molar-refractivity contribution >= 4 is 17.5 Å². The molecule has 0 bridgehead atoms. The van der Waals surface area contributed by atoms with Gasteiger partial charge in [-0.05, 0) is 25.2 Å². The van der Waals surface area contributed by atoms with E-state index >= 15 is 0 Å². The van der Waals surface area contributed by atoms with Gasteiger partial charge in [0.25, 0.3) is 0 Å². The number of esters is 1. The van der Waals surface area contributed by atoms with Crippen molar-refractivity contribution in [1.82, 2.24) is 0 Å². The van der Waals surface area contributed by atoms with Crippen LogP contribution in [-0.4, -0.2) is 53.2 Å². The van der Waals surface area contributed by atoms with E-state index in [0.717, 1.165) is 12.8 Å². The van der Waals surface area contributed by atoms with Gasteiger partial charge in [0.2, 0.25) is 11.6 Å². The molecule has 0 aromatic rings. The maximum atomic E-state index is 13.5. The molecule has 1 fully saturated rings. The largest absolute Gasteiger partial charge is 0.507 e. The minimum absolute atomic E-state index is 0.0842. The van der Waals surface area contributed by atoms with E-state index in [1.165, 1.54) is 6.92 Å². The Labute approximate surface area is 183 Å². The van der Waals surface area contributed by atoms with Gasteiger partial charge < -0.3 is 19.7 Å². The number of Topliss-reactive ketones (excluding diaryl/α,β-unsaturated/α-hetero) is 2. The number of hydrogen-bond donors (Lipinski definition) is 2. The number of hydrogen-bond acceptors (Lipinski definition) is 7. The third-order valence-corrected chi connectivity index (χ3v) is 7.39. The summed E-state index contributed by atoms with van der Waals surface area (Å²) in [5.74, 6) is -3.23. The minimum Gasteiger partial charge on any atom is -0.507 e. The Morgan fingerprint density at radius 1 is 1.19 bits per heavy atom. The van der Waals surface area contributed by atoms with Crippen LogP contribution in [-0.2, 0) is 23.9 Å². The van der Waals surface area contributed by atoms with Crippen LogP contribution in [0.15, 0.2) is 22.5 Å². The number of ether oxygens (including phenoxy) is 2. The molecule has 0 aromatic carbocycles. The Morgan fingerprint density at radius 3 is 2.42 bits per heavy atom. The molecule has 3 aliphatic rings. The van der Waals surface area contributed by atoms with Crippen LogP contribution in [0.3, 0.4) is 0 Å². The minimum atomic E-state index is -0.938. The first-order valence-corrected chi connectivity index (χ1v) is 11.1. The van der Waals surface area contributed by atoms with Crippen molar-refractivity contribution in [1.29, 1.82) is 0 Å². The van der Waals surface area contributed by atoms with Gasteiger partial charge in [0.15, 0.2) is 0 Å². The molecular weight excluding hydrogens is 400 g/mol. The Morgan fingerprint density at radius 2 is 1.84 bits per heavy atom. The lowest BCUT2D eigenvalue weighted by Crippen LogP contribution is -2.60. The number of aliphatic hydroxyl groups excluding tert-OH is 2. The lowest BCUT2D eigenvalue weighted by Gasteiger charge is -2.58. The van der Waals surface area contributed by atoms with Gasteiger partial charge >= 0.3 is 5.97 Å². The van der Waals surface area contributed by atoms with Crippen molar-refractivity contribution in [3.63, 3.8) is 0 Å². The Balaban J connectivity index is 2.24. The van der Waals surface area contributed by atoms with Gasteiger partial charge in [-0.3, -0.25) is 14.4 Å². The standard InChI is InChI=1S/C24H34O7/c1-7-30-21-15-16(24(6)10-8-9-23(4,5)22(24)20(21)29)19(28)18(27)14(17(15)26)12(2)11-31-13(3)25/h12,20-22,26,29H,7-11H2,1-6H3/t12-,20+,21-,22+,24-/m0/s1. The lowest BCUT2D eigenvalue weighted by atomic mass is 9.47. The molecule has 2 N–H and O–H groups in total. The summed E-state index contributed by atoms with van der Waals surface area (Å²) in [6, 6.07) is 0. The van der Waals surface area contributed by atoms with E-state index in [4.69, 9.17) is 9.47 Å². The summed E-state index contributed by atoms with van der Waals surface area (Å²) in [6.07, 6.45) is 0.529. The predicted octanol–water partition coefficient (Wildman–Crippen LogP) is 3.06. The van der Waals surface area contributed by atoms with E-state index in [1.54, 1.807) is 13.8 Å². The fourth-order valence-corrected chi connectivity index (χ4v) is 6.27. The average Bonchev–Trinajstić information content (AvgIpc) is 2.65. The molecule has 3 rings (SSSR count). The van der Waals surface area contributed by atoms with Crippen LogP contribution >= 0.6 is 0 Å². The molecule has 0 aromatic heterocycles. The third kappa shape index (κ3) is 3.65. The molecule has 5 atom stereocenters. The Bertz CT molecular complexity index is 865. The summed E-state index contributed by atoms with van der Waals surface area (Å²) in [7, 11) is 0. The number of carbonyl (C=O) groups excluding carboxylic acids is 3. The number of rotatable bonds is 5. The van der Waals surface area contributed by atoms with Crippen LogP contribution in [0, 0.1) is 22.7 Å². The monoisotopic (exact) mass is 434 g/mol. The molecule has 0 amide bonds. The maximum absolute atomic E-state index is 13.5. The van der Waals surface area contributed by atoms with Crippen molar-refractivity contribution in [2.45, 2.75) is 73.0 Å². The molecule has 0 spiro atoms. The molecule has 7 heteroatoms. The summed E-state index contributed by atoms with van der Waals surface area (Å²) in [4.78, 5) is 37.9.